The molecule has 0 radical (unpaired) electrons. The highest BCUT2D eigenvalue weighted by molar-refractivity contribution is 5.93. The fraction of sp³-hybridized carbons (Fsp3) is 0.333. The summed E-state index contributed by atoms with van der Waals surface area (Å²) in [6.45, 7) is 5.14. The number of nitrogens with zero attached hydrogens (tertiary/aromatic N) is 2. The van der Waals surface area contributed by atoms with Gasteiger partial charge in [-0.05, 0) is 54.2 Å². The second kappa shape index (κ2) is 8.15. The van der Waals surface area contributed by atoms with Crippen molar-refractivity contribution in [3.63, 3.8) is 0 Å². The maximum absolute atomic E-state index is 11.4. The molecule has 0 bridgehead atoms. The van der Waals surface area contributed by atoms with Crippen LogP contribution < -0.4 is 5.48 Å². The number of hydrogen-bond acceptors (Lipinski definition) is 3. The minimum atomic E-state index is -0.505. The first-order valence-electron chi connectivity index (χ1n) is 9.14. The topological polar surface area (TPSA) is 67.2 Å². The van der Waals surface area contributed by atoms with Crippen LogP contribution in [0.1, 0.15) is 60.5 Å². The quantitative estimate of drug-likeness (QED) is 0.486. The van der Waals surface area contributed by atoms with Crippen molar-refractivity contribution in [1.82, 2.24) is 15.0 Å². The zero-order valence-corrected chi connectivity index (χ0v) is 15.3. The number of aromatic nitrogens is 2. The van der Waals surface area contributed by atoms with E-state index in [1.54, 1.807) is 17.6 Å². The van der Waals surface area contributed by atoms with Crippen molar-refractivity contribution >= 4 is 16.9 Å². The third-order valence-corrected chi connectivity index (χ3v) is 4.89. The Morgan fingerprint density at radius 1 is 1.23 bits per heavy atom. The summed E-state index contributed by atoms with van der Waals surface area (Å²) in [5.74, 6) is 0.0696. The van der Waals surface area contributed by atoms with Gasteiger partial charge in [-0.1, -0.05) is 32.4 Å². The molecule has 1 amide bonds. The van der Waals surface area contributed by atoms with Crippen molar-refractivity contribution in [2.24, 2.45) is 0 Å². The first kappa shape index (κ1) is 18.1. The summed E-state index contributed by atoms with van der Waals surface area (Å²) in [5, 5.41) is 9.84. The van der Waals surface area contributed by atoms with E-state index in [0.717, 1.165) is 23.0 Å². The average molecular weight is 351 g/mol. The summed E-state index contributed by atoms with van der Waals surface area (Å²) in [6, 6.07) is 11.6. The molecule has 26 heavy (non-hydrogen) atoms. The Bertz CT molecular complexity index is 884. The molecule has 0 aliphatic rings. The fourth-order valence-electron chi connectivity index (χ4n) is 3.42. The monoisotopic (exact) mass is 351 g/mol. The van der Waals surface area contributed by atoms with Gasteiger partial charge < -0.3 is 4.57 Å². The Morgan fingerprint density at radius 2 is 2.00 bits per heavy atom. The number of benzene rings is 1. The Hall–Kier alpha value is -2.66. The zero-order valence-electron chi connectivity index (χ0n) is 15.3. The fourth-order valence-corrected chi connectivity index (χ4v) is 3.42. The highest BCUT2D eigenvalue weighted by Crippen LogP contribution is 2.27. The summed E-state index contributed by atoms with van der Waals surface area (Å²) >= 11 is 0. The molecular formula is C21H25N3O2. The van der Waals surface area contributed by atoms with Crippen LogP contribution in [-0.2, 0) is 6.54 Å². The molecule has 3 rings (SSSR count). The van der Waals surface area contributed by atoms with E-state index in [9.17, 15) is 4.79 Å². The molecular weight excluding hydrogens is 326 g/mol. The van der Waals surface area contributed by atoms with Crippen molar-refractivity contribution in [3.05, 3.63) is 65.5 Å². The predicted molar refractivity (Wildman–Crippen MR) is 102 cm³/mol. The smallest absolute Gasteiger partial charge is 0.274 e. The first-order valence-corrected chi connectivity index (χ1v) is 9.14. The number of rotatable bonds is 7. The van der Waals surface area contributed by atoms with Crippen LogP contribution in [0.2, 0.25) is 0 Å². The highest BCUT2D eigenvalue weighted by Gasteiger charge is 2.11. The SMILES string of the molecule is CCCC(CC)c1cnc2c(ccn2Cc2ccc(C(=O)NO)cc2)c1. The van der Waals surface area contributed by atoms with E-state index < -0.39 is 5.91 Å². The Labute approximate surface area is 153 Å². The molecule has 2 aromatic heterocycles. The summed E-state index contributed by atoms with van der Waals surface area (Å²) in [4.78, 5) is 16.1. The number of carbonyl (C=O) groups excluding carboxylic acids is 1. The predicted octanol–water partition coefficient (Wildman–Crippen LogP) is 4.50. The number of nitrogens with one attached hydrogen (secondary N) is 1. The number of hydroxylamine groups is 1. The molecule has 136 valence electrons. The number of fused-ring (bicyclic) bond motifs is 1. The van der Waals surface area contributed by atoms with Gasteiger partial charge >= 0.3 is 0 Å². The number of pyridine rings is 1. The second-order valence-electron chi connectivity index (χ2n) is 6.66. The molecule has 5 nitrogen and oxygen atoms in total. The van der Waals surface area contributed by atoms with Gasteiger partial charge in [0.2, 0.25) is 0 Å². The summed E-state index contributed by atoms with van der Waals surface area (Å²) in [7, 11) is 0. The molecule has 0 fully saturated rings. The molecule has 2 heterocycles. The Kier molecular flexibility index (Phi) is 5.68. The van der Waals surface area contributed by atoms with Gasteiger partial charge in [0.15, 0.2) is 0 Å². The minimum Gasteiger partial charge on any atom is -0.328 e. The molecule has 0 aliphatic heterocycles. The molecule has 1 unspecified atom stereocenters. The number of carbonyl (C=O) groups is 1. The van der Waals surface area contributed by atoms with Crippen LogP contribution >= 0.6 is 0 Å². The van der Waals surface area contributed by atoms with Gasteiger partial charge in [-0.15, -0.1) is 0 Å². The molecule has 5 heteroatoms. The van der Waals surface area contributed by atoms with Crippen molar-refractivity contribution < 1.29 is 10.0 Å². The lowest BCUT2D eigenvalue weighted by molar-refractivity contribution is 0.0706. The highest BCUT2D eigenvalue weighted by atomic mass is 16.5. The van der Waals surface area contributed by atoms with E-state index >= 15 is 0 Å². The molecule has 2 N–H and O–H groups in total. The van der Waals surface area contributed by atoms with Crippen LogP contribution in [0, 0.1) is 0 Å². The van der Waals surface area contributed by atoms with Gasteiger partial charge in [0.05, 0.1) is 0 Å². The van der Waals surface area contributed by atoms with Crippen LogP contribution in [0.3, 0.4) is 0 Å². The number of hydrogen-bond donors (Lipinski definition) is 2. The van der Waals surface area contributed by atoms with Crippen LogP contribution in [0.4, 0.5) is 0 Å². The summed E-state index contributed by atoms with van der Waals surface area (Å²) in [6.07, 6.45) is 7.57. The number of amides is 1. The summed E-state index contributed by atoms with van der Waals surface area (Å²) in [5.41, 5.74) is 5.43. The standard InChI is InChI=1S/C21H25N3O2/c1-3-5-16(4-2)19-12-18-10-11-24(20(18)22-13-19)14-15-6-8-17(9-7-15)21(25)23-26/h6-13,16,26H,3-5,14H2,1-2H3,(H,23,25). The second-order valence-corrected chi connectivity index (χ2v) is 6.66. The maximum Gasteiger partial charge on any atom is 0.274 e. The maximum atomic E-state index is 11.4. The van der Waals surface area contributed by atoms with E-state index in [1.165, 1.54) is 18.4 Å². The lowest BCUT2D eigenvalue weighted by Gasteiger charge is -2.14. The van der Waals surface area contributed by atoms with Gasteiger partial charge in [-0.2, -0.15) is 0 Å². The van der Waals surface area contributed by atoms with E-state index in [2.05, 4.69) is 36.7 Å². The van der Waals surface area contributed by atoms with Gasteiger partial charge in [0.1, 0.15) is 5.65 Å². The molecule has 1 aromatic carbocycles. The van der Waals surface area contributed by atoms with Crippen molar-refractivity contribution in [3.8, 4) is 0 Å². The van der Waals surface area contributed by atoms with Gasteiger partial charge in [-0.25, -0.2) is 10.5 Å². The average Bonchev–Trinajstić information content (AvgIpc) is 3.08. The van der Waals surface area contributed by atoms with E-state index in [1.807, 2.05) is 18.3 Å². The third-order valence-electron chi connectivity index (χ3n) is 4.89. The Balaban J connectivity index is 1.82. The summed E-state index contributed by atoms with van der Waals surface area (Å²) < 4.78 is 2.11. The zero-order chi connectivity index (χ0) is 18.5. The van der Waals surface area contributed by atoms with E-state index in [-0.39, 0.29) is 0 Å². The minimum absolute atomic E-state index is 0.429. The van der Waals surface area contributed by atoms with Gasteiger partial charge in [0.25, 0.3) is 5.91 Å². The normalized spacial score (nSPS) is 12.3. The lowest BCUT2D eigenvalue weighted by Crippen LogP contribution is -2.18. The van der Waals surface area contributed by atoms with Gasteiger partial charge in [0, 0.05) is 29.9 Å². The molecule has 0 saturated heterocycles. The molecule has 0 saturated carbocycles. The molecule has 1 atom stereocenters. The van der Waals surface area contributed by atoms with Gasteiger partial charge in [-0.3, -0.25) is 10.0 Å². The van der Waals surface area contributed by atoms with Crippen LogP contribution in [0.25, 0.3) is 11.0 Å². The first-order chi connectivity index (χ1) is 12.7. The lowest BCUT2D eigenvalue weighted by atomic mass is 9.93. The van der Waals surface area contributed by atoms with Crippen LogP contribution in [0.5, 0.6) is 0 Å². The van der Waals surface area contributed by atoms with E-state index in [0.29, 0.717) is 18.0 Å². The molecule has 0 spiro atoms. The third kappa shape index (κ3) is 3.78. The largest absolute Gasteiger partial charge is 0.328 e. The van der Waals surface area contributed by atoms with Crippen LogP contribution in [-0.4, -0.2) is 20.7 Å². The molecule has 0 aliphatic carbocycles. The molecule has 3 aromatic rings. The Morgan fingerprint density at radius 3 is 2.65 bits per heavy atom. The van der Waals surface area contributed by atoms with Crippen molar-refractivity contribution in [1.29, 1.82) is 0 Å². The van der Waals surface area contributed by atoms with Crippen LogP contribution in [0.15, 0.2) is 48.8 Å². The van der Waals surface area contributed by atoms with Crippen molar-refractivity contribution in [2.45, 2.75) is 45.6 Å². The van der Waals surface area contributed by atoms with Crippen molar-refractivity contribution in [2.75, 3.05) is 0 Å². The van der Waals surface area contributed by atoms with E-state index in [4.69, 9.17) is 10.2 Å².